The van der Waals surface area contributed by atoms with E-state index in [1.807, 2.05) is 0 Å². The highest BCUT2D eigenvalue weighted by molar-refractivity contribution is 5.00. The summed E-state index contributed by atoms with van der Waals surface area (Å²) in [5.41, 5.74) is 1.19. The first-order chi connectivity index (χ1) is 6.34. The van der Waals surface area contributed by atoms with Crippen LogP contribution in [0.1, 0.15) is 25.3 Å². The summed E-state index contributed by atoms with van der Waals surface area (Å²) in [4.78, 5) is 2.47. The van der Waals surface area contributed by atoms with Crippen LogP contribution in [-0.4, -0.2) is 23.1 Å². The van der Waals surface area contributed by atoms with Crippen molar-refractivity contribution < 1.29 is 4.52 Å². The summed E-state index contributed by atoms with van der Waals surface area (Å²) in [6.45, 7) is 5.74. The lowest BCUT2D eigenvalue weighted by molar-refractivity contribution is 0.176. The first kappa shape index (κ1) is 8.75. The predicted octanol–water partition coefficient (Wildman–Crippen LogP) is 1.91. The highest BCUT2D eigenvalue weighted by atomic mass is 16.5. The molecule has 2 heterocycles. The molecular weight excluding hydrogens is 164 g/mol. The summed E-state index contributed by atoms with van der Waals surface area (Å²) < 4.78 is 4.81. The normalized spacial score (nSPS) is 24.8. The van der Waals surface area contributed by atoms with E-state index >= 15 is 0 Å². The molecule has 1 aromatic heterocycles. The van der Waals surface area contributed by atoms with Gasteiger partial charge in [-0.05, 0) is 25.3 Å². The number of hydrogen-bond acceptors (Lipinski definition) is 3. The Morgan fingerprint density at radius 1 is 1.69 bits per heavy atom. The summed E-state index contributed by atoms with van der Waals surface area (Å²) in [7, 11) is 0. The predicted molar refractivity (Wildman–Crippen MR) is 50.2 cm³/mol. The van der Waals surface area contributed by atoms with Crippen molar-refractivity contribution in [1.82, 2.24) is 10.1 Å². The molecule has 1 aliphatic heterocycles. The Labute approximate surface area is 78.7 Å². The van der Waals surface area contributed by atoms with Crippen molar-refractivity contribution in [3.63, 3.8) is 0 Å². The lowest BCUT2D eigenvalue weighted by atomic mass is 10.0. The lowest BCUT2D eigenvalue weighted by Gasteiger charge is -2.30. The molecule has 3 heteroatoms. The van der Waals surface area contributed by atoms with Crippen LogP contribution < -0.4 is 0 Å². The van der Waals surface area contributed by atoms with Gasteiger partial charge in [0.25, 0.3) is 0 Å². The smallest absolute Gasteiger partial charge is 0.128 e. The second-order valence-corrected chi connectivity index (χ2v) is 4.02. The summed E-state index contributed by atoms with van der Waals surface area (Å²) in [6, 6.07) is 0. The molecule has 0 bridgehead atoms. The van der Waals surface area contributed by atoms with Crippen molar-refractivity contribution >= 4 is 0 Å². The molecule has 2 rings (SSSR count). The van der Waals surface area contributed by atoms with Crippen LogP contribution in [0.4, 0.5) is 0 Å². The van der Waals surface area contributed by atoms with E-state index < -0.39 is 0 Å². The van der Waals surface area contributed by atoms with Crippen LogP contribution in [0.5, 0.6) is 0 Å². The van der Waals surface area contributed by atoms with Gasteiger partial charge in [0.05, 0.1) is 6.20 Å². The first-order valence-electron chi connectivity index (χ1n) is 4.95. The van der Waals surface area contributed by atoms with Crippen molar-refractivity contribution in [1.29, 1.82) is 0 Å². The highest BCUT2D eigenvalue weighted by Crippen LogP contribution is 2.17. The summed E-state index contributed by atoms with van der Waals surface area (Å²) in [5, 5.41) is 3.71. The Hall–Kier alpha value is -0.830. The van der Waals surface area contributed by atoms with Crippen molar-refractivity contribution in [2.75, 3.05) is 13.1 Å². The largest absolute Gasteiger partial charge is 0.364 e. The monoisotopic (exact) mass is 180 g/mol. The van der Waals surface area contributed by atoms with Gasteiger partial charge in [-0.25, -0.2) is 0 Å². The van der Waals surface area contributed by atoms with Crippen molar-refractivity contribution in [2.45, 2.75) is 26.3 Å². The van der Waals surface area contributed by atoms with Crippen LogP contribution >= 0.6 is 0 Å². The van der Waals surface area contributed by atoms with Crippen LogP contribution in [-0.2, 0) is 6.54 Å². The Morgan fingerprint density at radius 2 is 2.62 bits per heavy atom. The maximum atomic E-state index is 4.81. The Morgan fingerprint density at radius 3 is 3.31 bits per heavy atom. The molecule has 0 radical (unpaired) electrons. The van der Waals surface area contributed by atoms with E-state index in [9.17, 15) is 0 Å². The quantitative estimate of drug-likeness (QED) is 0.696. The van der Waals surface area contributed by atoms with Gasteiger partial charge >= 0.3 is 0 Å². The number of nitrogens with zero attached hydrogens (tertiary/aromatic N) is 2. The van der Waals surface area contributed by atoms with Gasteiger partial charge in [-0.1, -0.05) is 12.1 Å². The third-order valence-electron chi connectivity index (χ3n) is 2.63. The number of rotatable bonds is 2. The maximum Gasteiger partial charge on any atom is 0.128 e. The molecule has 3 nitrogen and oxygen atoms in total. The van der Waals surface area contributed by atoms with E-state index in [1.54, 1.807) is 12.5 Å². The molecule has 0 amide bonds. The standard InChI is InChI=1S/C10H16N2O/c1-9-3-2-4-12(6-9)7-10-5-11-13-8-10/h5,8-9H,2-4,6-7H2,1H3. The van der Waals surface area contributed by atoms with Crippen molar-refractivity contribution in [2.24, 2.45) is 5.92 Å². The molecule has 0 spiro atoms. The minimum absolute atomic E-state index is 0.841. The lowest BCUT2D eigenvalue weighted by Crippen LogP contribution is -2.33. The minimum atomic E-state index is 0.841. The number of hydrogen-bond donors (Lipinski definition) is 0. The molecule has 1 saturated heterocycles. The zero-order valence-electron chi connectivity index (χ0n) is 8.07. The number of aromatic nitrogens is 1. The number of likely N-dealkylation sites (tertiary alicyclic amines) is 1. The van der Waals surface area contributed by atoms with Crippen LogP contribution in [0.25, 0.3) is 0 Å². The van der Waals surface area contributed by atoms with Crippen LogP contribution in [0.15, 0.2) is 17.0 Å². The van der Waals surface area contributed by atoms with Crippen molar-refractivity contribution in [3.8, 4) is 0 Å². The Kier molecular flexibility index (Phi) is 2.64. The minimum Gasteiger partial charge on any atom is -0.364 e. The molecule has 72 valence electrons. The fraction of sp³-hybridized carbons (Fsp3) is 0.700. The van der Waals surface area contributed by atoms with Gasteiger partial charge in [0.1, 0.15) is 6.26 Å². The summed E-state index contributed by atoms with van der Waals surface area (Å²) in [6.07, 6.45) is 6.24. The highest BCUT2D eigenvalue weighted by Gasteiger charge is 2.16. The molecule has 1 unspecified atom stereocenters. The van der Waals surface area contributed by atoms with E-state index in [-0.39, 0.29) is 0 Å². The second-order valence-electron chi connectivity index (χ2n) is 4.02. The maximum absolute atomic E-state index is 4.81. The van der Waals surface area contributed by atoms with Crippen LogP contribution in [0.3, 0.4) is 0 Å². The van der Waals surface area contributed by atoms with Gasteiger partial charge < -0.3 is 4.52 Å². The van der Waals surface area contributed by atoms with Gasteiger partial charge in [0.2, 0.25) is 0 Å². The molecule has 1 fully saturated rings. The van der Waals surface area contributed by atoms with E-state index in [0.29, 0.717) is 0 Å². The topological polar surface area (TPSA) is 29.3 Å². The van der Waals surface area contributed by atoms with E-state index in [4.69, 9.17) is 4.52 Å². The third-order valence-corrected chi connectivity index (χ3v) is 2.63. The fourth-order valence-electron chi connectivity index (χ4n) is 1.99. The third kappa shape index (κ3) is 2.31. The molecule has 1 aromatic rings. The second kappa shape index (κ2) is 3.92. The van der Waals surface area contributed by atoms with Crippen molar-refractivity contribution in [3.05, 3.63) is 18.0 Å². The molecule has 1 aliphatic rings. The van der Waals surface area contributed by atoms with Gasteiger partial charge in [-0.2, -0.15) is 0 Å². The first-order valence-corrected chi connectivity index (χ1v) is 4.95. The average molecular weight is 180 g/mol. The molecule has 0 aromatic carbocycles. The zero-order chi connectivity index (χ0) is 9.10. The van der Waals surface area contributed by atoms with Gasteiger partial charge in [0, 0.05) is 18.7 Å². The van der Waals surface area contributed by atoms with Gasteiger partial charge in [-0.3, -0.25) is 4.90 Å². The van der Waals surface area contributed by atoms with E-state index in [0.717, 1.165) is 12.5 Å². The Balaban J connectivity index is 1.87. The van der Waals surface area contributed by atoms with Crippen LogP contribution in [0.2, 0.25) is 0 Å². The van der Waals surface area contributed by atoms with E-state index in [1.165, 1.54) is 31.5 Å². The Bertz CT molecular complexity index is 245. The molecule has 1 atom stereocenters. The summed E-state index contributed by atoms with van der Waals surface area (Å²) >= 11 is 0. The molecule has 13 heavy (non-hydrogen) atoms. The van der Waals surface area contributed by atoms with Gasteiger partial charge in [-0.15, -0.1) is 0 Å². The SMILES string of the molecule is CC1CCCN(Cc2cnoc2)C1. The molecule has 0 aliphatic carbocycles. The average Bonchev–Trinajstić information content (AvgIpc) is 2.57. The zero-order valence-corrected chi connectivity index (χ0v) is 8.07. The fourth-order valence-corrected chi connectivity index (χ4v) is 1.99. The van der Waals surface area contributed by atoms with E-state index in [2.05, 4.69) is 17.0 Å². The van der Waals surface area contributed by atoms with Gasteiger partial charge in [0.15, 0.2) is 0 Å². The molecular formula is C10H16N2O. The summed E-state index contributed by atoms with van der Waals surface area (Å²) in [5.74, 6) is 0.841. The molecule has 0 N–H and O–H groups in total. The number of piperidine rings is 1. The molecule has 0 saturated carbocycles. The van der Waals surface area contributed by atoms with Crippen LogP contribution in [0, 0.1) is 5.92 Å².